The van der Waals surface area contributed by atoms with E-state index in [2.05, 4.69) is 9.97 Å². The van der Waals surface area contributed by atoms with Gasteiger partial charge in [-0.15, -0.1) is 0 Å². The first-order valence-electron chi connectivity index (χ1n) is 10.7. The molecule has 1 aromatic carbocycles. The van der Waals surface area contributed by atoms with Gasteiger partial charge in [0, 0.05) is 18.9 Å². The Hall–Kier alpha value is -4.13. The molecule has 184 valence electrons. The van der Waals surface area contributed by atoms with Crippen LogP contribution in [0.4, 0.5) is 10.3 Å². The summed E-state index contributed by atoms with van der Waals surface area (Å²) in [6, 6.07) is 6.53. The molecular formula is C22H22FN5O7. The molecule has 12 nitrogen and oxygen atoms in total. The van der Waals surface area contributed by atoms with Gasteiger partial charge in [0.15, 0.2) is 18.0 Å². The molecular weight excluding hydrogens is 465 g/mol. The lowest BCUT2D eigenvalue weighted by molar-refractivity contribution is -0.188. The van der Waals surface area contributed by atoms with Crippen LogP contribution in [-0.4, -0.2) is 55.9 Å². The maximum absolute atomic E-state index is 15.2. The number of halogens is 1. The molecule has 1 aliphatic rings. The SMILES string of the molecule is CCC(=O)O[C@H]1O[C@@H](n2c(=O)n(Cc3ccc(C=O)cc3)c3cnc(N)nc32)[C@H](OC(C)=O)[C@H]1F. The molecule has 0 bridgehead atoms. The number of nitrogen functional groups attached to an aromatic ring is 1. The van der Waals surface area contributed by atoms with E-state index in [-0.39, 0.29) is 30.1 Å². The molecule has 4 rings (SSSR count). The molecule has 2 N–H and O–H groups in total. The number of hydrogen-bond acceptors (Lipinski definition) is 10. The van der Waals surface area contributed by atoms with Crippen molar-refractivity contribution in [2.24, 2.45) is 0 Å². The minimum atomic E-state index is -2.07. The number of anilines is 1. The predicted molar refractivity (Wildman–Crippen MR) is 118 cm³/mol. The monoisotopic (exact) mass is 487 g/mol. The third kappa shape index (κ3) is 4.62. The lowest BCUT2D eigenvalue weighted by Gasteiger charge is -2.19. The highest BCUT2D eigenvalue weighted by atomic mass is 19.1. The van der Waals surface area contributed by atoms with Gasteiger partial charge in [-0.05, 0) is 5.56 Å². The van der Waals surface area contributed by atoms with Crippen LogP contribution in [0, 0.1) is 0 Å². The average Bonchev–Trinajstić information content (AvgIpc) is 3.26. The molecule has 0 aliphatic carbocycles. The number of fused-ring (bicyclic) bond motifs is 1. The summed E-state index contributed by atoms with van der Waals surface area (Å²) >= 11 is 0. The molecule has 1 aliphatic heterocycles. The molecule has 0 amide bonds. The number of carbonyl (C=O) groups excluding carboxylic acids is 3. The number of carbonyl (C=O) groups is 3. The van der Waals surface area contributed by atoms with Crippen LogP contribution < -0.4 is 11.4 Å². The first-order valence-corrected chi connectivity index (χ1v) is 10.7. The summed E-state index contributed by atoms with van der Waals surface area (Å²) in [4.78, 5) is 56.0. The normalized spacial score (nSPS) is 21.7. The van der Waals surface area contributed by atoms with E-state index >= 15 is 4.39 Å². The number of hydrogen-bond donors (Lipinski definition) is 1. The second-order valence-corrected chi connectivity index (χ2v) is 7.79. The topological polar surface area (TPSA) is 158 Å². The largest absolute Gasteiger partial charge is 0.454 e. The summed E-state index contributed by atoms with van der Waals surface area (Å²) in [7, 11) is 0. The maximum atomic E-state index is 15.2. The summed E-state index contributed by atoms with van der Waals surface area (Å²) in [6.45, 7) is 2.64. The van der Waals surface area contributed by atoms with Gasteiger partial charge in [0.25, 0.3) is 0 Å². The molecule has 35 heavy (non-hydrogen) atoms. The molecule has 2 aromatic heterocycles. The first-order chi connectivity index (χ1) is 16.7. The second-order valence-electron chi connectivity index (χ2n) is 7.79. The Morgan fingerprint density at radius 3 is 2.60 bits per heavy atom. The molecule has 3 aromatic rings. The Morgan fingerprint density at radius 2 is 1.97 bits per heavy atom. The van der Waals surface area contributed by atoms with E-state index in [1.165, 1.54) is 17.7 Å². The zero-order chi connectivity index (χ0) is 25.3. The van der Waals surface area contributed by atoms with Gasteiger partial charge in [0.1, 0.15) is 11.8 Å². The molecule has 0 unspecified atom stereocenters. The maximum Gasteiger partial charge on any atom is 0.332 e. The van der Waals surface area contributed by atoms with Crippen molar-refractivity contribution in [2.75, 3.05) is 5.73 Å². The summed E-state index contributed by atoms with van der Waals surface area (Å²) in [5.74, 6) is -1.72. The number of imidazole rings is 1. The zero-order valence-corrected chi connectivity index (χ0v) is 18.8. The summed E-state index contributed by atoms with van der Waals surface area (Å²) in [5, 5.41) is 0. The van der Waals surface area contributed by atoms with Crippen molar-refractivity contribution in [1.82, 2.24) is 19.1 Å². The van der Waals surface area contributed by atoms with Crippen LogP contribution >= 0.6 is 0 Å². The summed E-state index contributed by atoms with van der Waals surface area (Å²) in [6.07, 6.45) is -4.92. The average molecular weight is 487 g/mol. The van der Waals surface area contributed by atoms with Gasteiger partial charge in [-0.3, -0.25) is 19.0 Å². The van der Waals surface area contributed by atoms with E-state index in [1.54, 1.807) is 24.3 Å². The highest BCUT2D eigenvalue weighted by Crippen LogP contribution is 2.35. The number of esters is 2. The van der Waals surface area contributed by atoms with Crippen molar-refractivity contribution in [2.45, 2.75) is 51.6 Å². The molecule has 4 atom stereocenters. The number of nitrogens with two attached hydrogens (primary N) is 1. The fourth-order valence-corrected chi connectivity index (χ4v) is 3.77. The molecule has 3 heterocycles. The first kappa shape index (κ1) is 24.0. The summed E-state index contributed by atoms with van der Waals surface area (Å²) < 4.78 is 33.2. The Morgan fingerprint density at radius 1 is 1.26 bits per heavy atom. The lowest BCUT2D eigenvalue weighted by atomic mass is 10.1. The van der Waals surface area contributed by atoms with E-state index in [1.807, 2.05) is 0 Å². The molecule has 0 spiro atoms. The van der Waals surface area contributed by atoms with Crippen molar-refractivity contribution < 1.29 is 33.0 Å². The molecule has 0 saturated carbocycles. The zero-order valence-electron chi connectivity index (χ0n) is 18.8. The van der Waals surface area contributed by atoms with Gasteiger partial charge in [-0.1, -0.05) is 31.2 Å². The van der Waals surface area contributed by atoms with E-state index < -0.39 is 42.4 Å². The minimum absolute atomic E-state index is 0.00355. The van der Waals surface area contributed by atoms with Crippen LogP contribution in [0.5, 0.6) is 0 Å². The molecule has 13 heteroatoms. The Labute approximate surface area is 197 Å². The highest BCUT2D eigenvalue weighted by molar-refractivity contribution is 5.75. The van der Waals surface area contributed by atoms with Crippen molar-refractivity contribution in [1.29, 1.82) is 0 Å². The van der Waals surface area contributed by atoms with Crippen LogP contribution in [0.25, 0.3) is 11.2 Å². The van der Waals surface area contributed by atoms with Crippen LogP contribution in [0.15, 0.2) is 35.3 Å². The van der Waals surface area contributed by atoms with Crippen LogP contribution in [0.2, 0.25) is 0 Å². The summed E-state index contributed by atoms with van der Waals surface area (Å²) in [5.41, 5.74) is 6.45. The van der Waals surface area contributed by atoms with Crippen molar-refractivity contribution in [3.05, 3.63) is 52.1 Å². The van der Waals surface area contributed by atoms with E-state index in [9.17, 15) is 19.2 Å². The standard InChI is InChI=1S/C22H22FN5O7/c1-3-15(31)34-20-16(23)17(33-11(2)30)19(35-20)28-18-14(8-25-21(24)26-18)27(22(28)32)9-12-4-6-13(10-29)7-5-12/h4-8,10,16-17,19-20H,3,9H2,1-2H3,(H2,24,25,26)/t16-,17-,19-,20+/m1/s1. The number of aldehydes is 1. The van der Waals surface area contributed by atoms with E-state index in [0.29, 0.717) is 17.4 Å². The predicted octanol–water partition coefficient (Wildman–Crippen LogP) is 1.11. The van der Waals surface area contributed by atoms with Crippen LogP contribution in [0.1, 0.15) is 42.4 Å². The molecule has 1 fully saturated rings. The number of rotatable bonds is 7. The van der Waals surface area contributed by atoms with E-state index in [0.717, 1.165) is 11.5 Å². The van der Waals surface area contributed by atoms with Gasteiger partial charge >= 0.3 is 17.6 Å². The minimum Gasteiger partial charge on any atom is -0.454 e. The van der Waals surface area contributed by atoms with Gasteiger partial charge in [0.2, 0.25) is 18.4 Å². The Balaban J connectivity index is 1.82. The lowest BCUT2D eigenvalue weighted by Crippen LogP contribution is -2.37. The highest BCUT2D eigenvalue weighted by Gasteiger charge is 2.51. The molecule has 1 saturated heterocycles. The fourth-order valence-electron chi connectivity index (χ4n) is 3.77. The van der Waals surface area contributed by atoms with Gasteiger partial charge in [0.05, 0.1) is 12.7 Å². The number of aromatic nitrogens is 4. The van der Waals surface area contributed by atoms with Crippen molar-refractivity contribution >= 4 is 35.3 Å². The van der Waals surface area contributed by atoms with E-state index in [4.69, 9.17) is 19.9 Å². The quantitative estimate of drug-likeness (QED) is 0.378. The van der Waals surface area contributed by atoms with Crippen LogP contribution in [0.3, 0.4) is 0 Å². The van der Waals surface area contributed by atoms with Crippen LogP contribution in [-0.2, 0) is 30.3 Å². The third-order valence-electron chi connectivity index (χ3n) is 5.40. The molecule has 0 radical (unpaired) electrons. The third-order valence-corrected chi connectivity index (χ3v) is 5.40. The van der Waals surface area contributed by atoms with Gasteiger partial charge < -0.3 is 19.9 Å². The Kier molecular flexibility index (Phi) is 6.60. The van der Waals surface area contributed by atoms with Crippen molar-refractivity contribution in [3.8, 4) is 0 Å². The van der Waals surface area contributed by atoms with Crippen molar-refractivity contribution in [3.63, 3.8) is 0 Å². The Bertz CT molecular complexity index is 1340. The second kappa shape index (κ2) is 9.62. The number of benzene rings is 1. The van der Waals surface area contributed by atoms with Gasteiger partial charge in [-0.25, -0.2) is 18.7 Å². The fraction of sp³-hybridized carbons (Fsp3) is 0.364. The van der Waals surface area contributed by atoms with Gasteiger partial charge in [-0.2, -0.15) is 4.98 Å². The number of ether oxygens (including phenoxy) is 3. The smallest absolute Gasteiger partial charge is 0.332 e. The number of nitrogens with zero attached hydrogens (tertiary/aromatic N) is 4. The number of alkyl halides is 1.